The Labute approximate surface area is 74.1 Å². The number of hydrogen-bond acceptors (Lipinski definition) is 5. The highest BCUT2D eigenvalue weighted by Crippen LogP contribution is 2.23. The summed E-state index contributed by atoms with van der Waals surface area (Å²) in [4.78, 5) is 18.8. The SMILES string of the molecule is NCc1ncc2c(n1)NC(=O)CO2. The predicted molar refractivity (Wildman–Crippen MR) is 44.0 cm³/mol. The molecule has 0 radical (unpaired) electrons. The third-order valence-corrected chi connectivity index (χ3v) is 1.60. The Hall–Kier alpha value is -1.69. The van der Waals surface area contributed by atoms with Gasteiger partial charge in [0.1, 0.15) is 5.82 Å². The number of ether oxygens (including phenoxy) is 1. The average Bonchev–Trinajstić information content (AvgIpc) is 2.16. The Morgan fingerprint density at radius 2 is 2.54 bits per heavy atom. The second-order valence-electron chi connectivity index (χ2n) is 2.54. The number of nitrogens with two attached hydrogens (primary N) is 1. The molecular formula is C7H8N4O2. The molecule has 0 spiro atoms. The van der Waals surface area contributed by atoms with E-state index in [-0.39, 0.29) is 19.1 Å². The maximum absolute atomic E-state index is 10.9. The number of carbonyl (C=O) groups is 1. The van der Waals surface area contributed by atoms with Gasteiger partial charge in [-0.3, -0.25) is 4.79 Å². The first kappa shape index (κ1) is 7.93. The summed E-state index contributed by atoms with van der Waals surface area (Å²) in [5, 5.41) is 2.56. The number of rotatable bonds is 1. The number of fused-ring (bicyclic) bond motifs is 1. The lowest BCUT2D eigenvalue weighted by Gasteiger charge is -2.16. The maximum atomic E-state index is 10.9. The molecule has 0 unspecified atom stereocenters. The van der Waals surface area contributed by atoms with E-state index in [1.54, 1.807) is 0 Å². The fourth-order valence-electron chi connectivity index (χ4n) is 1.01. The second kappa shape index (κ2) is 2.98. The molecule has 3 N–H and O–H groups in total. The van der Waals surface area contributed by atoms with Gasteiger partial charge in [0.15, 0.2) is 18.2 Å². The fraction of sp³-hybridized carbons (Fsp3) is 0.286. The summed E-state index contributed by atoms with van der Waals surface area (Å²) in [7, 11) is 0. The van der Waals surface area contributed by atoms with E-state index in [1.807, 2.05) is 0 Å². The topological polar surface area (TPSA) is 90.1 Å². The number of nitrogens with zero attached hydrogens (tertiary/aromatic N) is 2. The minimum absolute atomic E-state index is 0.0122. The van der Waals surface area contributed by atoms with Gasteiger partial charge in [-0.1, -0.05) is 0 Å². The molecule has 68 valence electrons. The molecule has 1 amide bonds. The van der Waals surface area contributed by atoms with Crippen molar-refractivity contribution in [2.75, 3.05) is 11.9 Å². The first-order chi connectivity index (χ1) is 6.29. The van der Waals surface area contributed by atoms with E-state index >= 15 is 0 Å². The maximum Gasteiger partial charge on any atom is 0.263 e. The van der Waals surface area contributed by atoms with Gasteiger partial charge in [-0.05, 0) is 0 Å². The zero-order valence-corrected chi connectivity index (χ0v) is 6.78. The van der Waals surface area contributed by atoms with Crippen LogP contribution in [0.1, 0.15) is 5.82 Å². The summed E-state index contributed by atoms with van der Waals surface area (Å²) >= 11 is 0. The standard InChI is InChI=1S/C7H8N4O2/c8-1-5-9-2-4-7(10-5)11-6(12)3-13-4/h2H,1,3,8H2,(H,9,10,11,12). The highest BCUT2D eigenvalue weighted by atomic mass is 16.5. The van der Waals surface area contributed by atoms with Crippen molar-refractivity contribution in [3.05, 3.63) is 12.0 Å². The van der Waals surface area contributed by atoms with Gasteiger partial charge in [0.05, 0.1) is 12.7 Å². The van der Waals surface area contributed by atoms with E-state index in [1.165, 1.54) is 6.20 Å². The molecule has 0 bridgehead atoms. The number of anilines is 1. The van der Waals surface area contributed by atoms with Crippen LogP contribution in [0.15, 0.2) is 6.20 Å². The fourth-order valence-corrected chi connectivity index (χ4v) is 1.01. The Morgan fingerprint density at radius 1 is 1.69 bits per heavy atom. The third kappa shape index (κ3) is 1.43. The molecule has 0 aliphatic carbocycles. The van der Waals surface area contributed by atoms with Crippen molar-refractivity contribution in [3.8, 4) is 5.75 Å². The van der Waals surface area contributed by atoms with Gasteiger partial charge in [0.2, 0.25) is 0 Å². The zero-order chi connectivity index (χ0) is 9.26. The number of nitrogens with one attached hydrogen (secondary N) is 1. The number of carbonyl (C=O) groups excluding carboxylic acids is 1. The quantitative estimate of drug-likeness (QED) is 0.594. The summed E-state index contributed by atoms with van der Waals surface area (Å²) in [6, 6.07) is 0. The first-order valence-electron chi connectivity index (χ1n) is 3.78. The molecule has 0 atom stereocenters. The van der Waals surface area contributed by atoms with E-state index in [4.69, 9.17) is 10.5 Å². The van der Waals surface area contributed by atoms with Crippen molar-refractivity contribution in [2.24, 2.45) is 5.73 Å². The summed E-state index contributed by atoms with van der Waals surface area (Å²) in [5.74, 6) is 1.14. The van der Waals surface area contributed by atoms with Crippen molar-refractivity contribution >= 4 is 11.7 Å². The van der Waals surface area contributed by atoms with Crippen LogP contribution in [0.5, 0.6) is 5.75 Å². The van der Waals surface area contributed by atoms with Crippen LogP contribution in [-0.2, 0) is 11.3 Å². The van der Waals surface area contributed by atoms with Gasteiger partial charge in [-0.25, -0.2) is 9.97 Å². The molecule has 1 aliphatic rings. The van der Waals surface area contributed by atoms with Crippen molar-refractivity contribution in [1.29, 1.82) is 0 Å². The van der Waals surface area contributed by atoms with E-state index < -0.39 is 0 Å². The molecule has 0 saturated carbocycles. The van der Waals surface area contributed by atoms with Crippen LogP contribution >= 0.6 is 0 Å². The van der Waals surface area contributed by atoms with Gasteiger partial charge in [-0.15, -0.1) is 0 Å². The summed E-state index contributed by atoms with van der Waals surface area (Å²) < 4.78 is 5.06. The lowest BCUT2D eigenvalue weighted by Crippen LogP contribution is -2.26. The van der Waals surface area contributed by atoms with Gasteiger partial charge in [0.25, 0.3) is 5.91 Å². The summed E-state index contributed by atoms with van der Waals surface area (Å²) in [6.45, 7) is 0.251. The summed E-state index contributed by atoms with van der Waals surface area (Å²) in [5.41, 5.74) is 5.34. The Balaban J connectivity index is 2.38. The van der Waals surface area contributed by atoms with E-state index in [2.05, 4.69) is 15.3 Å². The molecule has 1 aliphatic heterocycles. The molecule has 2 heterocycles. The van der Waals surface area contributed by atoms with Crippen LogP contribution in [-0.4, -0.2) is 22.5 Å². The van der Waals surface area contributed by atoms with E-state index in [9.17, 15) is 4.79 Å². The van der Waals surface area contributed by atoms with Crippen LogP contribution < -0.4 is 15.8 Å². The van der Waals surface area contributed by atoms with Crippen LogP contribution in [0.25, 0.3) is 0 Å². The molecule has 1 aromatic rings. The zero-order valence-electron chi connectivity index (χ0n) is 6.78. The monoisotopic (exact) mass is 180 g/mol. The largest absolute Gasteiger partial charge is 0.478 e. The third-order valence-electron chi connectivity index (χ3n) is 1.60. The lowest BCUT2D eigenvalue weighted by atomic mass is 10.4. The molecule has 0 fully saturated rings. The summed E-state index contributed by atoms with van der Waals surface area (Å²) in [6.07, 6.45) is 1.50. The number of aromatic nitrogens is 2. The van der Waals surface area contributed by atoms with Crippen LogP contribution in [0, 0.1) is 0 Å². The Morgan fingerprint density at radius 3 is 3.31 bits per heavy atom. The molecule has 0 aromatic carbocycles. The molecule has 6 nitrogen and oxygen atoms in total. The smallest absolute Gasteiger partial charge is 0.263 e. The Bertz CT molecular complexity index is 352. The van der Waals surface area contributed by atoms with Crippen molar-refractivity contribution in [2.45, 2.75) is 6.54 Å². The van der Waals surface area contributed by atoms with Gasteiger partial charge in [0, 0.05) is 0 Å². The van der Waals surface area contributed by atoms with Crippen molar-refractivity contribution in [1.82, 2.24) is 9.97 Å². The van der Waals surface area contributed by atoms with Crippen molar-refractivity contribution < 1.29 is 9.53 Å². The van der Waals surface area contributed by atoms with Gasteiger partial charge >= 0.3 is 0 Å². The Kier molecular flexibility index (Phi) is 1.82. The molecule has 13 heavy (non-hydrogen) atoms. The highest BCUT2D eigenvalue weighted by Gasteiger charge is 2.17. The second-order valence-corrected chi connectivity index (χ2v) is 2.54. The lowest BCUT2D eigenvalue weighted by molar-refractivity contribution is -0.118. The molecule has 0 saturated heterocycles. The predicted octanol–water partition coefficient (Wildman–Crippen LogP) is -0.734. The van der Waals surface area contributed by atoms with E-state index in [0.29, 0.717) is 17.4 Å². The molecule has 2 rings (SSSR count). The van der Waals surface area contributed by atoms with Crippen molar-refractivity contribution in [3.63, 3.8) is 0 Å². The van der Waals surface area contributed by atoms with Crippen LogP contribution in [0.3, 0.4) is 0 Å². The number of amides is 1. The normalized spacial score (nSPS) is 14.4. The minimum Gasteiger partial charge on any atom is -0.478 e. The molecule has 6 heteroatoms. The van der Waals surface area contributed by atoms with Crippen LogP contribution in [0.4, 0.5) is 5.82 Å². The highest BCUT2D eigenvalue weighted by molar-refractivity contribution is 5.93. The van der Waals surface area contributed by atoms with Gasteiger partial charge in [-0.2, -0.15) is 0 Å². The van der Waals surface area contributed by atoms with E-state index in [0.717, 1.165) is 0 Å². The first-order valence-corrected chi connectivity index (χ1v) is 3.78. The van der Waals surface area contributed by atoms with Gasteiger partial charge < -0.3 is 15.8 Å². The molecular weight excluding hydrogens is 172 g/mol. The van der Waals surface area contributed by atoms with Crippen LogP contribution in [0.2, 0.25) is 0 Å². The molecule has 1 aromatic heterocycles. The minimum atomic E-state index is -0.214. The average molecular weight is 180 g/mol. The number of hydrogen-bond donors (Lipinski definition) is 2.